The molecule has 0 amide bonds. The predicted molar refractivity (Wildman–Crippen MR) is 69.7 cm³/mol. The molecule has 19 heavy (non-hydrogen) atoms. The van der Waals surface area contributed by atoms with E-state index in [1.807, 2.05) is 0 Å². The SMILES string of the molecule is COC(=O)c1ccc(N)nc1Nc1ccccc1F. The van der Waals surface area contributed by atoms with E-state index in [0.29, 0.717) is 0 Å². The number of hydrogen-bond donors (Lipinski definition) is 2. The summed E-state index contributed by atoms with van der Waals surface area (Å²) in [7, 11) is 1.26. The number of nitrogens with two attached hydrogens (primary N) is 1. The minimum absolute atomic E-state index is 0.150. The first-order valence-corrected chi connectivity index (χ1v) is 5.48. The number of halogens is 1. The van der Waals surface area contributed by atoms with Gasteiger partial charge in [0.1, 0.15) is 23.0 Å². The minimum atomic E-state index is -0.577. The Bertz CT molecular complexity index is 617. The van der Waals surface area contributed by atoms with Crippen LogP contribution in [0.15, 0.2) is 36.4 Å². The number of nitrogens with one attached hydrogen (secondary N) is 1. The number of ether oxygens (including phenoxy) is 1. The second kappa shape index (κ2) is 5.34. The number of esters is 1. The van der Waals surface area contributed by atoms with Gasteiger partial charge < -0.3 is 15.8 Å². The van der Waals surface area contributed by atoms with Gasteiger partial charge in [-0.15, -0.1) is 0 Å². The molecule has 98 valence electrons. The lowest BCUT2D eigenvalue weighted by Crippen LogP contribution is -2.09. The topological polar surface area (TPSA) is 77.2 Å². The number of pyridine rings is 1. The summed E-state index contributed by atoms with van der Waals surface area (Å²) in [5.74, 6) is -0.669. The highest BCUT2D eigenvalue weighted by Gasteiger charge is 2.14. The Hall–Kier alpha value is -2.63. The zero-order valence-corrected chi connectivity index (χ0v) is 10.2. The molecule has 2 rings (SSSR count). The maximum Gasteiger partial charge on any atom is 0.341 e. The lowest BCUT2D eigenvalue weighted by molar-refractivity contribution is 0.0601. The van der Waals surface area contributed by atoms with Crippen molar-refractivity contribution in [1.29, 1.82) is 0 Å². The Kier molecular flexibility index (Phi) is 3.61. The molecule has 6 heteroatoms. The van der Waals surface area contributed by atoms with Crippen molar-refractivity contribution in [2.45, 2.75) is 0 Å². The fourth-order valence-corrected chi connectivity index (χ4v) is 1.53. The van der Waals surface area contributed by atoms with Crippen LogP contribution in [0.5, 0.6) is 0 Å². The van der Waals surface area contributed by atoms with Gasteiger partial charge in [0.15, 0.2) is 0 Å². The van der Waals surface area contributed by atoms with E-state index in [-0.39, 0.29) is 22.9 Å². The molecule has 0 bridgehead atoms. The van der Waals surface area contributed by atoms with Crippen LogP contribution in [0.4, 0.5) is 21.7 Å². The smallest absolute Gasteiger partial charge is 0.341 e. The molecule has 2 aromatic rings. The molecule has 0 aliphatic heterocycles. The van der Waals surface area contributed by atoms with Crippen molar-refractivity contribution in [2.24, 2.45) is 0 Å². The van der Waals surface area contributed by atoms with Gasteiger partial charge in [0.2, 0.25) is 0 Å². The molecule has 0 fully saturated rings. The Morgan fingerprint density at radius 1 is 1.32 bits per heavy atom. The molecule has 1 aromatic carbocycles. The first kappa shape index (κ1) is 12.8. The fraction of sp³-hybridized carbons (Fsp3) is 0.0769. The first-order valence-electron chi connectivity index (χ1n) is 5.48. The van der Waals surface area contributed by atoms with Crippen LogP contribution >= 0.6 is 0 Å². The van der Waals surface area contributed by atoms with E-state index in [4.69, 9.17) is 5.73 Å². The quantitative estimate of drug-likeness (QED) is 0.829. The number of anilines is 3. The van der Waals surface area contributed by atoms with Crippen molar-refractivity contribution in [3.05, 3.63) is 47.8 Å². The summed E-state index contributed by atoms with van der Waals surface area (Å²) >= 11 is 0. The van der Waals surface area contributed by atoms with Gasteiger partial charge in [-0.3, -0.25) is 0 Å². The molecule has 0 aliphatic carbocycles. The highest BCUT2D eigenvalue weighted by molar-refractivity contribution is 5.95. The molecule has 3 N–H and O–H groups in total. The normalized spacial score (nSPS) is 10.0. The molecule has 0 atom stereocenters. The fourth-order valence-electron chi connectivity index (χ4n) is 1.53. The summed E-state index contributed by atoms with van der Waals surface area (Å²) < 4.78 is 18.2. The van der Waals surface area contributed by atoms with E-state index < -0.39 is 11.8 Å². The number of nitrogens with zero attached hydrogens (tertiary/aromatic N) is 1. The van der Waals surface area contributed by atoms with E-state index in [9.17, 15) is 9.18 Å². The van der Waals surface area contributed by atoms with Gasteiger partial charge in [-0.25, -0.2) is 14.2 Å². The van der Waals surface area contributed by atoms with Crippen molar-refractivity contribution in [3.63, 3.8) is 0 Å². The second-order valence-corrected chi connectivity index (χ2v) is 3.73. The van der Waals surface area contributed by atoms with Gasteiger partial charge in [0.05, 0.1) is 12.8 Å². The number of nitrogen functional groups attached to an aromatic ring is 1. The molecule has 1 heterocycles. The predicted octanol–water partition coefficient (Wildman–Crippen LogP) is 2.33. The highest BCUT2D eigenvalue weighted by atomic mass is 19.1. The lowest BCUT2D eigenvalue weighted by Gasteiger charge is -2.10. The van der Waals surface area contributed by atoms with Crippen molar-refractivity contribution in [3.8, 4) is 0 Å². The number of para-hydroxylation sites is 1. The Balaban J connectivity index is 2.41. The largest absolute Gasteiger partial charge is 0.465 e. The van der Waals surface area contributed by atoms with Gasteiger partial charge in [-0.1, -0.05) is 12.1 Å². The second-order valence-electron chi connectivity index (χ2n) is 3.73. The third-order valence-electron chi connectivity index (χ3n) is 2.45. The third-order valence-corrected chi connectivity index (χ3v) is 2.45. The molecule has 1 aromatic heterocycles. The first-order chi connectivity index (χ1) is 9.11. The van der Waals surface area contributed by atoms with Gasteiger partial charge >= 0.3 is 5.97 Å². The highest BCUT2D eigenvalue weighted by Crippen LogP contribution is 2.22. The number of carbonyl (C=O) groups is 1. The Morgan fingerprint density at radius 3 is 2.74 bits per heavy atom. The molecule has 0 saturated heterocycles. The van der Waals surface area contributed by atoms with Crippen molar-refractivity contribution >= 4 is 23.3 Å². The zero-order chi connectivity index (χ0) is 13.8. The van der Waals surface area contributed by atoms with E-state index in [0.717, 1.165) is 0 Å². The molecule has 0 saturated carbocycles. The van der Waals surface area contributed by atoms with Crippen LogP contribution in [-0.4, -0.2) is 18.1 Å². The molecular formula is C13H12FN3O2. The monoisotopic (exact) mass is 261 g/mol. The van der Waals surface area contributed by atoms with E-state index in [1.165, 1.54) is 31.4 Å². The lowest BCUT2D eigenvalue weighted by atomic mass is 10.2. The Morgan fingerprint density at radius 2 is 2.05 bits per heavy atom. The Labute approximate surface area is 109 Å². The maximum atomic E-state index is 13.6. The maximum absolute atomic E-state index is 13.6. The van der Waals surface area contributed by atoms with Crippen LogP contribution in [-0.2, 0) is 4.74 Å². The molecule has 0 spiro atoms. The van der Waals surface area contributed by atoms with Gasteiger partial charge in [0.25, 0.3) is 0 Å². The summed E-state index contributed by atoms with van der Waals surface area (Å²) in [6.45, 7) is 0. The van der Waals surface area contributed by atoms with Crippen molar-refractivity contribution < 1.29 is 13.9 Å². The summed E-state index contributed by atoms with van der Waals surface area (Å²) in [6, 6.07) is 8.99. The van der Waals surface area contributed by atoms with Crippen molar-refractivity contribution in [1.82, 2.24) is 4.98 Å². The minimum Gasteiger partial charge on any atom is -0.465 e. The number of carbonyl (C=O) groups excluding carboxylic acids is 1. The number of aromatic nitrogens is 1. The number of hydrogen-bond acceptors (Lipinski definition) is 5. The van der Waals surface area contributed by atoms with Gasteiger partial charge in [-0.2, -0.15) is 0 Å². The third kappa shape index (κ3) is 2.79. The van der Waals surface area contributed by atoms with Crippen LogP contribution < -0.4 is 11.1 Å². The molecule has 0 unspecified atom stereocenters. The van der Waals surface area contributed by atoms with Crippen LogP contribution in [0, 0.1) is 5.82 Å². The van der Waals surface area contributed by atoms with E-state index in [1.54, 1.807) is 12.1 Å². The van der Waals surface area contributed by atoms with Crippen molar-refractivity contribution in [2.75, 3.05) is 18.2 Å². The standard InChI is InChI=1S/C13H12FN3O2/c1-19-13(18)8-6-7-11(15)17-12(8)16-10-5-3-2-4-9(10)14/h2-7H,1H3,(H3,15,16,17). The van der Waals surface area contributed by atoms with Gasteiger partial charge in [0, 0.05) is 0 Å². The number of benzene rings is 1. The molecular weight excluding hydrogens is 249 g/mol. The average Bonchev–Trinajstić information content (AvgIpc) is 2.41. The number of methoxy groups -OCH3 is 1. The van der Waals surface area contributed by atoms with Crippen LogP contribution in [0.2, 0.25) is 0 Å². The molecule has 0 aliphatic rings. The van der Waals surface area contributed by atoms with E-state index in [2.05, 4.69) is 15.0 Å². The summed E-state index contributed by atoms with van der Waals surface area (Å²) in [6.07, 6.45) is 0. The summed E-state index contributed by atoms with van der Waals surface area (Å²) in [5, 5.41) is 2.73. The summed E-state index contributed by atoms with van der Waals surface area (Å²) in [5.41, 5.74) is 5.94. The molecule has 0 radical (unpaired) electrons. The van der Waals surface area contributed by atoms with Crippen LogP contribution in [0.1, 0.15) is 10.4 Å². The zero-order valence-electron chi connectivity index (χ0n) is 10.2. The van der Waals surface area contributed by atoms with E-state index >= 15 is 0 Å². The van der Waals surface area contributed by atoms with Crippen LogP contribution in [0.3, 0.4) is 0 Å². The number of rotatable bonds is 3. The summed E-state index contributed by atoms with van der Waals surface area (Å²) in [4.78, 5) is 15.6. The van der Waals surface area contributed by atoms with Crippen LogP contribution in [0.25, 0.3) is 0 Å². The van der Waals surface area contributed by atoms with Gasteiger partial charge in [-0.05, 0) is 24.3 Å². The average molecular weight is 261 g/mol. The molecule has 5 nitrogen and oxygen atoms in total.